The summed E-state index contributed by atoms with van der Waals surface area (Å²) in [7, 11) is 0. The van der Waals surface area contributed by atoms with Gasteiger partial charge in [-0.3, -0.25) is 0 Å². The third-order valence-electron chi connectivity index (χ3n) is 5.50. The summed E-state index contributed by atoms with van der Waals surface area (Å²) in [4.78, 5) is 15.9. The van der Waals surface area contributed by atoms with Crippen molar-refractivity contribution in [3.05, 3.63) is 89.6 Å². The van der Waals surface area contributed by atoms with Gasteiger partial charge in [-0.05, 0) is 48.0 Å². The molecular weight excluding hydrogens is 412 g/mol. The molecule has 2 aromatic heterocycles. The van der Waals surface area contributed by atoms with Crippen LogP contribution in [0.5, 0.6) is 0 Å². The molecule has 5 aromatic rings. The summed E-state index contributed by atoms with van der Waals surface area (Å²) in [6.45, 7) is 1.66. The first-order valence-corrected chi connectivity index (χ1v) is 9.94. The number of nitrogens with zero attached hydrogens (tertiary/aromatic N) is 3. The minimum atomic E-state index is -2.71. The van der Waals surface area contributed by atoms with Crippen molar-refractivity contribution in [2.24, 2.45) is 0 Å². The van der Waals surface area contributed by atoms with Gasteiger partial charge in [0.25, 0.3) is 6.43 Å². The predicted molar refractivity (Wildman–Crippen MR) is 118 cm³/mol. The van der Waals surface area contributed by atoms with Gasteiger partial charge in [0.05, 0.1) is 28.0 Å². The summed E-state index contributed by atoms with van der Waals surface area (Å²) in [5.74, 6) is -1.05. The average molecular weight is 429 g/mol. The molecule has 5 rings (SSSR count). The summed E-state index contributed by atoms with van der Waals surface area (Å²) in [6.07, 6.45) is -2.71. The maximum atomic E-state index is 14.1. The van der Waals surface area contributed by atoms with E-state index in [0.717, 1.165) is 16.3 Å². The highest BCUT2D eigenvalue weighted by Gasteiger charge is 2.22. The lowest BCUT2D eigenvalue weighted by atomic mass is 10.00. The molecule has 0 aliphatic carbocycles. The highest BCUT2D eigenvalue weighted by atomic mass is 19.3. The Hall–Kier alpha value is -4.13. The van der Waals surface area contributed by atoms with Crippen LogP contribution in [0.1, 0.15) is 28.0 Å². The zero-order valence-electron chi connectivity index (χ0n) is 17.0. The second-order valence-electron chi connectivity index (χ2n) is 7.47. The molecule has 0 unspecified atom stereocenters. The number of carboxylic acid groups (broad SMARTS) is 1. The number of aromatic nitrogens is 3. The van der Waals surface area contributed by atoms with Crippen LogP contribution >= 0.6 is 0 Å². The van der Waals surface area contributed by atoms with Crippen LogP contribution in [-0.2, 0) is 0 Å². The number of fused-ring (bicyclic) bond motifs is 2. The first-order chi connectivity index (χ1) is 15.4. The van der Waals surface area contributed by atoms with Crippen molar-refractivity contribution in [3.63, 3.8) is 0 Å². The molecule has 2 heterocycles. The molecule has 0 radical (unpaired) electrons. The van der Waals surface area contributed by atoms with Crippen LogP contribution in [0.3, 0.4) is 0 Å². The van der Waals surface area contributed by atoms with Gasteiger partial charge in [0.15, 0.2) is 5.65 Å². The molecule has 158 valence electrons. The maximum Gasteiger partial charge on any atom is 0.335 e. The first kappa shape index (κ1) is 19.8. The lowest BCUT2D eigenvalue weighted by Gasteiger charge is -2.11. The van der Waals surface area contributed by atoms with E-state index < -0.39 is 12.4 Å². The number of aryl methyl sites for hydroxylation is 1. The van der Waals surface area contributed by atoms with Crippen molar-refractivity contribution >= 4 is 27.8 Å². The molecule has 0 aliphatic rings. The van der Waals surface area contributed by atoms with E-state index in [2.05, 4.69) is 5.10 Å². The fraction of sp³-hybridized carbons (Fsp3) is 0.0800. The van der Waals surface area contributed by atoms with Crippen LogP contribution < -0.4 is 0 Å². The fourth-order valence-electron chi connectivity index (χ4n) is 4.01. The smallest absolute Gasteiger partial charge is 0.335 e. The van der Waals surface area contributed by atoms with Gasteiger partial charge in [-0.15, -0.1) is 0 Å². The topological polar surface area (TPSA) is 68.0 Å². The number of aromatic carboxylic acids is 1. The van der Waals surface area contributed by atoms with E-state index in [1.165, 1.54) is 22.9 Å². The van der Waals surface area contributed by atoms with E-state index in [9.17, 15) is 13.6 Å². The van der Waals surface area contributed by atoms with E-state index in [4.69, 9.17) is 10.1 Å². The third kappa shape index (κ3) is 3.19. The Bertz CT molecular complexity index is 1490. The van der Waals surface area contributed by atoms with Gasteiger partial charge in [0.1, 0.15) is 0 Å². The number of pyridine rings is 1. The summed E-state index contributed by atoms with van der Waals surface area (Å²) in [6, 6.07) is 20.9. The zero-order chi connectivity index (χ0) is 22.4. The number of benzene rings is 3. The van der Waals surface area contributed by atoms with Crippen LogP contribution in [0.2, 0.25) is 0 Å². The Morgan fingerprint density at radius 2 is 1.72 bits per heavy atom. The van der Waals surface area contributed by atoms with E-state index in [0.29, 0.717) is 28.1 Å². The largest absolute Gasteiger partial charge is 0.478 e. The molecular formula is C25H17F2N3O2. The Kier molecular flexibility index (Phi) is 4.66. The molecule has 0 spiro atoms. The summed E-state index contributed by atoms with van der Waals surface area (Å²) in [5.41, 5.74) is 2.42. The molecule has 0 saturated carbocycles. The average Bonchev–Trinajstić information content (AvgIpc) is 3.14. The molecule has 5 nitrogen and oxygen atoms in total. The minimum Gasteiger partial charge on any atom is -0.478 e. The van der Waals surface area contributed by atoms with Crippen LogP contribution in [0.15, 0.2) is 72.8 Å². The van der Waals surface area contributed by atoms with Crippen LogP contribution in [0, 0.1) is 6.92 Å². The first-order valence-electron chi connectivity index (χ1n) is 9.94. The molecule has 1 N–H and O–H groups in total. The second kappa shape index (κ2) is 7.53. The predicted octanol–water partition coefficient (Wildman–Crippen LogP) is 6.18. The molecule has 0 atom stereocenters. The molecule has 32 heavy (non-hydrogen) atoms. The van der Waals surface area contributed by atoms with Crippen molar-refractivity contribution in [1.82, 2.24) is 14.8 Å². The van der Waals surface area contributed by atoms with Gasteiger partial charge in [-0.1, -0.05) is 42.5 Å². The number of hydrogen-bond donors (Lipinski definition) is 1. The minimum absolute atomic E-state index is 0.125. The SMILES string of the molecule is Cc1nn(-c2ccc(C(=O)O)cc2)c2nc(-c3cccc4ccccc34)cc(C(F)F)c12. The summed E-state index contributed by atoms with van der Waals surface area (Å²) < 4.78 is 29.7. The number of alkyl halides is 2. The van der Waals surface area contributed by atoms with Crippen molar-refractivity contribution in [2.75, 3.05) is 0 Å². The normalized spacial score (nSPS) is 11.5. The second-order valence-corrected chi connectivity index (χ2v) is 7.47. The van der Waals surface area contributed by atoms with E-state index in [1.54, 1.807) is 19.1 Å². The number of carbonyl (C=O) groups is 1. The van der Waals surface area contributed by atoms with Crippen molar-refractivity contribution in [2.45, 2.75) is 13.3 Å². The van der Waals surface area contributed by atoms with Gasteiger partial charge < -0.3 is 5.11 Å². The lowest BCUT2D eigenvalue weighted by molar-refractivity contribution is 0.0697. The Morgan fingerprint density at radius 1 is 1.00 bits per heavy atom. The molecule has 0 aliphatic heterocycles. The molecule has 7 heteroatoms. The Balaban J connectivity index is 1.79. The zero-order valence-corrected chi connectivity index (χ0v) is 17.0. The quantitative estimate of drug-likeness (QED) is 0.370. The molecule has 0 fully saturated rings. The Morgan fingerprint density at radius 3 is 2.44 bits per heavy atom. The highest BCUT2D eigenvalue weighted by molar-refractivity contribution is 5.97. The van der Waals surface area contributed by atoms with Gasteiger partial charge >= 0.3 is 5.97 Å². The molecule has 0 bridgehead atoms. The van der Waals surface area contributed by atoms with E-state index >= 15 is 0 Å². The lowest BCUT2D eigenvalue weighted by Crippen LogP contribution is -2.01. The summed E-state index contributed by atoms with van der Waals surface area (Å²) in [5, 5.41) is 15.8. The van der Waals surface area contributed by atoms with Crippen molar-refractivity contribution in [1.29, 1.82) is 0 Å². The number of halogens is 2. The maximum absolute atomic E-state index is 14.1. The van der Waals surface area contributed by atoms with Crippen LogP contribution in [0.4, 0.5) is 8.78 Å². The molecule has 0 amide bonds. The molecule has 0 saturated heterocycles. The van der Waals surface area contributed by atoms with Gasteiger partial charge in [-0.25, -0.2) is 23.2 Å². The van der Waals surface area contributed by atoms with E-state index in [-0.39, 0.29) is 11.1 Å². The molecule has 3 aromatic carbocycles. The number of carboxylic acids is 1. The summed E-state index contributed by atoms with van der Waals surface area (Å²) >= 11 is 0. The fourth-order valence-corrected chi connectivity index (χ4v) is 4.01. The monoisotopic (exact) mass is 429 g/mol. The highest BCUT2D eigenvalue weighted by Crippen LogP contribution is 2.36. The number of hydrogen-bond acceptors (Lipinski definition) is 3. The van der Waals surface area contributed by atoms with Crippen molar-refractivity contribution < 1.29 is 18.7 Å². The third-order valence-corrected chi connectivity index (χ3v) is 5.50. The Labute approximate surface area is 181 Å². The van der Waals surface area contributed by atoms with Crippen molar-refractivity contribution in [3.8, 4) is 16.9 Å². The number of rotatable bonds is 4. The standard InChI is InChI=1S/C25H17F2N3O2/c1-14-22-20(23(26)27)13-21(19-8-4-6-15-5-2-3-7-18(15)19)28-24(22)30(29-14)17-11-9-16(10-12-17)25(31)32/h2-13,23H,1H3,(H,31,32). The van der Waals surface area contributed by atoms with Crippen LogP contribution in [0.25, 0.3) is 38.8 Å². The van der Waals surface area contributed by atoms with E-state index in [1.807, 2.05) is 42.5 Å². The van der Waals surface area contributed by atoms with Gasteiger partial charge in [0, 0.05) is 11.1 Å². The van der Waals surface area contributed by atoms with Gasteiger partial charge in [0.2, 0.25) is 0 Å². The van der Waals surface area contributed by atoms with Crippen LogP contribution in [-0.4, -0.2) is 25.8 Å². The van der Waals surface area contributed by atoms with Gasteiger partial charge in [-0.2, -0.15) is 5.10 Å².